The van der Waals surface area contributed by atoms with Crippen LogP contribution in [0.4, 0.5) is 0 Å². The summed E-state index contributed by atoms with van der Waals surface area (Å²) in [4.78, 5) is 12.1. The maximum atomic E-state index is 5.48. The van der Waals surface area contributed by atoms with Gasteiger partial charge in [0, 0.05) is 37.1 Å². The first-order valence-corrected chi connectivity index (χ1v) is 12.1. The van der Waals surface area contributed by atoms with Crippen molar-refractivity contribution in [3.63, 3.8) is 0 Å². The lowest BCUT2D eigenvalue weighted by molar-refractivity contribution is 0.0341. The highest BCUT2D eigenvalue weighted by Gasteiger charge is 2.13. The lowest BCUT2D eigenvalue weighted by Crippen LogP contribution is -2.37. The van der Waals surface area contributed by atoms with Crippen LogP contribution < -0.4 is 10.6 Å². The number of aliphatic imine (C=N–C) groups is 1. The molecule has 0 spiro atoms. The summed E-state index contributed by atoms with van der Waals surface area (Å²) < 4.78 is 5.48. The second-order valence-electron chi connectivity index (χ2n) is 7.70. The van der Waals surface area contributed by atoms with E-state index in [1.165, 1.54) is 11.1 Å². The van der Waals surface area contributed by atoms with Gasteiger partial charge < -0.3 is 15.4 Å². The number of nitrogens with one attached hydrogen (secondary N) is 2. The molecule has 33 heavy (non-hydrogen) atoms. The fourth-order valence-electron chi connectivity index (χ4n) is 3.67. The normalized spacial score (nSPS) is 14.5. The van der Waals surface area contributed by atoms with Gasteiger partial charge in [-0.1, -0.05) is 54.6 Å². The maximum absolute atomic E-state index is 5.48. The van der Waals surface area contributed by atoms with Crippen molar-refractivity contribution in [2.75, 3.05) is 32.8 Å². The topological polar surface area (TPSA) is 61.8 Å². The number of morpholine rings is 1. The van der Waals surface area contributed by atoms with E-state index in [9.17, 15) is 0 Å². The number of rotatable bonds is 8. The van der Waals surface area contributed by atoms with Gasteiger partial charge in [0.1, 0.15) is 5.01 Å². The van der Waals surface area contributed by atoms with Crippen molar-refractivity contribution >= 4 is 41.3 Å². The molecule has 0 atom stereocenters. The predicted molar refractivity (Wildman–Crippen MR) is 147 cm³/mol. The average molecular weight is 578 g/mol. The molecule has 0 radical (unpaired) electrons. The van der Waals surface area contributed by atoms with Crippen molar-refractivity contribution in [3.8, 4) is 11.3 Å². The minimum atomic E-state index is 0. The number of hydrogen-bond donors (Lipinski definition) is 2. The van der Waals surface area contributed by atoms with Gasteiger partial charge in [-0.2, -0.15) is 0 Å². The molecular weight excluding hydrogens is 545 g/mol. The van der Waals surface area contributed by atoms with E-state index in [0.29, 0.717) is 13.1 Å². The van der Waals surface area contributed by atoms with Crippen LogP contribution in [0.3, 0.4) is 0 Å². The number of benzene rings is 2. The Kier molecular flexibility index (Phi) is 10.6. The van der Waals surface area contributed by atoms with Gasteiger partial charge in [-0.05, 0) is 18.1 Å². The van der Waals surface area contributed by atoms with Gasteiger partial charge in [-0.3, -0.25) is 4.90 Å². The predicted octanol–water partition coefficient (Wildman–Crippen LogP) is 4.52. The number of ether oxygens (including phenoxy) is 1. The van der Waals surface area contributed by atoms with E-state index >= 15 is 0 Å². The summed E-state index contributed by atoms with van der Waals surface area (Å²) in [5.41, 5.74) is 4.76. The summed E-state index contributed by atoms with van der Waals surface area (Å²) in [5, 5.41) is 9.94. The van der Waals surface area contributed by atoms with Crippen molar-refractivity contribution in [2.45, 2.75) is 26.6 Å². The molecule has 2 aromatic carbocycles. The van der Waals surface area contributed by atoms with Gasteiger partial charge in [-0.15, -0.1) is 35.3 Å². The van der Waals surface area contributed by atoms with E-state index in [4.69, 9.17) is 14.7 Å². The minimum absolute atomic E-state index is 0. The zero-order valence-corrected chi connectivity index (χ0v) is 22.1. The number of halogens is 1. The summed E-state index contributed by atoms with van der Waals surface area (Å²) in [6.07, 6.45) is 0. The quantitative estimate of drug-likeness (QED) is 0.234. The summed E-state index contributed by atoms with van der Waals surface area (Å²) >= 11 is 1.67. The highest BCUT2D eigenvalue weighted by Crippen LogP contribution is 2.21. The Balaban J connectivity index is 0.00000306. The van der Waals surface area contributed by atoms with Gasteiger partial charge in [0.15, 0.2) is 5.96 Å². The number of aromatic nitrogens is 1. The SMILES string of the molecule is CCNC(=NCc1ccccc1CN1CCOCC1)NCc1nc(-c2ccccc2)cs1.I. The molecule has 3 aromatic rings. The van der Waals surface area contributed by atoms with E-state index in [1.807, 2.05) is 18.2 Å². The van der Waals surface area contributed by atoms with Crippen LogP contribution in [0.25, 0.3) is 11.3 Å². The monoisotopic (exact) mass is 577 g/mol. The summed E-state index contributed by atoms with van der Waals surface area (Å²) in [5.74, 6) is 0.810. The fourth-order valence-corrected chi connectivity index (χ4v) is 4.41. The number of thiazole rings is 1. The van der Waals surface area contributed by atoms with Crippen LogP contribution in [-0.4, -0.2) is 48.7 Å². The fraction of sp³-hybridized carbons (Fsp3) is 0.360. The molecule has 4 rings (SSSR count). The van der Waals surface area contributed by atoms with Gasteiger partial charge in [0.25, 0.3) is 0 Å². The zero-order valence-electron chi connectivity index (χ0n) is 19.0. The number of hydrogen-bond acceptors (Lipinski definition) is 5. The zero-order chi connectivity index (χ0) is 22.0. The molecule has 0 unspecified atom stereocenters. The van der Waals surface area contributed by atoms with E-state index < -0.39 is 0 Å². The van der Waals surface area contributed by atoms with Crippen LogP contribution in [0.5, 0.6) is 0 Å². The van der Waals surface area contributed by atoms with Crippen LogP contribution >= 0.6 is 35.3 Å². The average Bonchev–Trinajstić information content (AvgIpc) is 3.32. The van der Waals surface area contributed by atoms with Crippen LogP contribution in [0.15, 0.2) is 65.0 Å². The third-order valence-electron chi connectivity index (χ3n) is 5.40. The Labute approximate surface area is 217 Å². The smallest absolute Gasteiger partial charge is 0.191 e. The Morgan fingerprint density at radius 1 is 1.03 bits per heavy atom. The molecule has 176 valence electrons. The minimum Gasteiger partial charge on any atom is -0.379 e. The van der Waals surface area contributed by atoms with Crippen molar-refractivity contribution < 1.29 is 4.74 Å². The van der Waals surface area contributed by atoms with Gasteiger partial charge >= 0.3 is 0 Å². The van der Waals surface area contributed by atoms with Crippen LogP contribution in [0.1, 0.15) is 23.1 Å². The molecule has 0 saturated carbocycles. The van der Waals surface area contributed by atoms with Crippen LogP contribution in [0.2, 0.25) is 0 Å². The first-order valence-electron chi connectivity index (χ1n) is 11.2. The molecule has 2 N–H and O–H groups in total. The molecule has 8 heteroatoms. The van der Waals surface area contributed by atoms with Gasteiger partial charge in [-0.25, -0.2) is 9.98 Å². The molecule has 1 aliphatic heterocycles. The second kappa shape index (κ2) is 13.6. The summed E-state index contributed by atoms with van der Waals surface area (Å²) in [6.45, 7) is 8.74. The van der Waals surface area contributed by atoms with Crippen molar-refractivity contribution in [1.82, 2.24) is 20.5 Å². The lowest BCUT2D eigenvalue weighted by Gasteiger charge is -2.27. The first-order chi connectivity index (χ1) is 15.8. The maximum Gasteiger partial charge on any atom is 0.191 e. The van der Waals surface area contributed by atoms with E-state index in [0.717, 1.165) is 61.6 Å². The summed E-state index contributed by atoms with van der Waals surface area (Å²) in [7, 11) is 0. The Bertz CT molecular complexity index is 1000. The molecule has 0 bridgehead atoms. The molecule has 1 aliphatic rings. The highest BCUT2D eigenvalue weighted by atomic mass is 127. The molecule has 1 fully saturated rings. The van der Waals surface area contributed by atoms with Crippen molar-refractivity contribution in [1.29, 1.82) is 0 Å². The molecular formula is C25H32IN5OS. The third kappa shape index (κ3) is 7.77. The van der Waals surface area contributed by atoms with Gasteiger partial charge in [0.2, 0.25) is 0 Å². The lowest BCUT2D eigenvalue weighted by atomic mass is 10.1. The molecule has 0 aliphatic carbocycles. The van der Waals surface area contributed by atoms with Crippen molar-refractivity contribution in [2.24, 2.45) is 4.99 Å². The standard InChI is InChI=1S/C25H31N5OS.HI/c1-2-26-25(28-17-24-29-23(19-32-24)20-8-4-3-5-9-20)27-16-21-10-6-7-11-22(21)18-30-12-14-31-15-13-30;/h3-11,19H,2,12-18H2,1H3,(H2,26,27,28);1H. The van der Waals surface area contributed by atoms with Crippen molar-refractivity contribution in [3.05, 3.63) is 76.1 Å². The number of nitrogens with zero attached hydrogens (tertiary/aromatic N) is 3. The largest absolute Gasteiger partial charge is 0.379 e. The van der Waals surface area contributed by atoms with Crippen LogP contribution in [0, 0.1) is 0 Å². The molecule has 1 aromatic heterocycles. The Morgan fingerprint density at radius 3 is 2.52 bits per heavy atom. The van der Waals surface area contributed by atoms with E-state index in [-0.39, 0.29) is 24.0 Å². The molecule has 6 nitrogen and oxygen atoms in total. The Morgan fingerprint density at radius 2 is 1.76 bits per heavy atom. The third-order valence-corrected chi connectivity index (χ3v) is 6.24. The molecule has 0 amide bonds. The molecule has 2 heterocycles. The highest BCUT2D eigenvalue weighted by molar-refractivity contribution is 14.0. The van der Waals surface area contributed by atoms with E-state index in [1.54, 1.807) is 11.3 Å². The first kappa shape index (κ1) is 25.6. The number of guanidine groups is 1. The van der Waals surface area contributed by atoms with Crippen LogP contribution in [-0.2, 0) is 24.4 Å². The Hall–Kier alpha value is -2.01. The van der Waals surface area contributed by atoms with E-state index in [2.05, 4.69) is 64.2 Å². The summed E-state index contributed by atoms with van der Waals surface area (Å²) in [6, 6.07) is 18.9. The molecule has 1 saturated heterocycles. The van der Waals surface area contributed by atoms with Gasteiger partial charge in [0.05, 0.1) is 32.0 Å². The second-order valence-corrected chi connectivity index (χ2v) is 8.64.